The summed E-state index contributed by atoms with van der Waals surface area (Å²) in [7, 11) is 0. The molecule has 3 N–H and O–H groups in total. The van der Waals surface area contributed by atoms with E-state index in [0.29, 0.717) is 11.4 Å². The third-order valence-corrected chi connectivity index (χ3v) is 2.09. The molecule has 0 saturated carbocycles. The summed E-state index contributed by atoms with van der Waals surface area (Å²) < 4.78 is 25.6. The number of benzene rings is 2. The first-order valence-electron chi connectivity index (χ1n) is 4.73. The number of anilines is 3. The zero-order chi connectivity index (χ0) is 11.5. The number of halogens is 2. The molecule has 0 aliphatic heterocycles. The molecule has 82 valence electrons. The van der Waals surface area contributed by atoms with Gasteiger partial charge in [-0.2, -0.15) is 0 Å². The number of rotatable bonds is 2. The Hall–Kier alpha value is -2.10. The van der Waals surface area contributed by atoms with Gasteiger partial charge in [-0.3, -0.25) is 0 Å². The van der Waals surface area contributed by atoms with E-state index in [9.17, 15) is 8.78 Å². The van der Waals surface area contributed by atoms with E-state index in [4.69, 9.17) is 5.73 Å². The average Bonchev–Trinajstić information content (AvgIpc) is 2.24. The minimum atomic E-state index is -0.881. The van der Waals surface area contributed by atoms with Crippen LogP contribution < -0.4 is 11.1 Å². The Balaban J connectivity index is 2.24. The van der Waals surface area contributed by atoms with Crippen molar-refractivity contribution in [2.75, 3.05) is 11.1 Å². The van der Waals surface area contributed by atoms with Crippen LogP contribution in [0.4, 0.5) is 25.8 Å². The highest BCUT2D eigenvalue weighted by Crippen LogP contribution is 2.20. The summed E-state index contributed by atoms with van der Waals surface area (Å²) in [6.07, 6.45) is 0. The molecule has 0 aromatic heterocycles. The van der Waals surface area contributed by atoms with E-state index >= 15 is 0 Å². The van der Waals surface area contributed by atoms with Gasteiger partial charge in [-0.05, 0) is 30.3 Å². The van der Waals surface area contributed by atoms with Crippen molar-refractivity contribution in [2.45, 2.75) is 0 Å². The van der Waals surface area contributed by atoms with Gasteiger partial charge in [-0.1, -0.05) is 6.07 Å². The number of nitrogens with two attached hydrogens (primary N) is 1. The molecule has 0 bridgehead atoms. The van der Waals surface area contributed by atoms with Crippen molar-refractivity contribution < 1.29 is 8.78 Å². The summed E-state index contributed by atoms with van der Waals surface area (Å²) in [6, 6.07) is 10.6. The van der Waals surface area contributed by atoms with E-state index in [1.165, 1.54) is 6.07 Å². The van der Waals surface area contributed by atoms with E-state index in [1.54, 1.807) is 24.3 Å². The highest BCUT2D eigenvalue weighted by atomic mass is 19.2. The van der Waals surface area contributed by atoms with Gasteiger partial charge in [0.05, 0.1) is 0 Å². The first-order valence-corrected chi connectivity index (χ1v) is 4.73. The molecule has 0 spiro atoms. The molecule has 16 heavy (non-hydrogen) atoms. The van der Waals surface area contributed by atoms with Crippen molar-refractivity contribution in [3.05, 3.63) is 54.1 Å². The molecule has 0 atom stereocenters. The monoisotopic (exact) mass is 220 g/mol. The zero-order valence-electron chi connectivity index (χ0n) is 8.37. The maximum Gasteiger partial charge on any atom is 0.160 e. The lowest BCUT2D eigenvalue weighted by Gasteiger charge is -2.07. The zero-order valence-corrected chi connectivity index (χ0v) is 8.37. The summed E-state index contributed by atoms with van der Waals surface area (Å²) in [6.45, 7) is 0. The third-order valence-electron chi connectivity index (χ3n) is 2.09. The Morgan fingerprint density at radius 1 is 0.875 bits per heavy atom. The smallest absolute Gasteiger partial charge is 0.160 e. The minimum absolute atomic E-state index is 0.476. The van der Waals surface area contributed by atoms with Gasteiger partial charge < -0.3 is 11.1 Å². The normalized spacial score (nSPS) is 10.1. The van der Waals surface area contributed by atoms with Crippen LogP contribution in [0, 0.1) is 11.6 Å². The summed E-state index contributed by atoms with van der Waals surface area (Å²) >= 11 is 0. The Morgan fingerprint density at radius 3 is 2.31 bits per heavy atom. The van der Waals surface area contributed by atoms with Crippen LogP contribution in [0.3, 0.4) is 0 Å². The maximum absolute atomic E-state index is 12.9. The van der Waals surface area contributed by atoms with Gasteiger partial charge in [-0.15, -0.1) is 0 Å². The van der Waals surface area contributed by atoms with Crippen LogP contribution in [0.15, 0.2) is 42.5 Å². The van der Waals surface area contributed by atoms with Gasteiger partial charge in [-0.25, -0.2) is 8.78 Å². The predicted octanol–water partition coefficient (Wildman–Crippen LogP) is 3.29. The van der Waals surface area contributed by atoms with Crippen molar-refractivity contribution in [3.8, 4) is 0 Å². The summed E-state index contributed by atoms with van der Waals surface area (Å²) in [5.41, 5.74) is 7.40. The summed E-state index contributed by atoms with van der Waals surface area (Å²) in [5.74, 6) is -1.74. The molecule has 2 nitrogen and oxygen atoms in total. The second kappa shape index (κ2) is 4.18. The van der Waals surface area contributed by atoms with Crippen LogP contribution in [-0.2, 0) is 0 Å². The minimum Gasteiger partial charge on any atom is -0.399 e. The molecule has 0 heterocycles. The number of nitrogens with one attached hydrogen (secondary N) is 1. The van der Waals surface area contributed by atoms with Crippen LogP contribution in [0.5, 0.6) is 0 Å². The molecule has 2 aromatic carbocycles. The highest BCUT2D eigenvalue weighted by Gasteiger charge is 2.02. The Bertz CT molecular complexity index is 512. The van der Waals surface area contributed by atoms with Gasteiger partial charge in [0.25, 0.3) is 0 Å². The van der Waals surface area contributed by atoms with Crippen molar-refractivity contribution >= 4 is 17.1 Å². The largest absolute Gasteiger partial charge is 0.399 e. The molecule has 4 heteroatoms. The van der Waals surface area contributed by atoms with Gasteiger partial charge in [0.2, 0.25) is 0 Å². The Labute approximate surface area is 91.7 Å². The number of hydrogen-bond donors (Lipinski definition) is 2. The topological polar surface area (TPSA) is 38.0 Å². The first-order chi connectivity index (χ1) is 7.65. The fourth-order valence-corrected chi connectivity index (χ4v) is 1.36. The van der Waals surface area contributed by atoms with Crippen molar-refractivity contribution in [1.82, 2.24) is 0 Å². The second-order valence-corrected chi connectivity index (χ2v) is 3.38. The average molecular weight is 220 g/mol. The molecule has 0 aliphatic rings. The summed E-state index contributed by atoms with van der Waals surface area (Å²) in [5, 5.41) is 2.93. The van der Waals surface area contributed by atoms with Gasteiger partial charge in [0, 0.05) is 23.1 Å². The highest BCUT2D eigenvalue weighted by molar-refractivity contribution is 5.63. The van der Waals surface area contributed by atoms with Crippen LogP contribution in [0.2, 0.25) is 0 Å². The molecule has 0 saturated heterocycles. The molecule has 0 fully saturated rings. The lowest BCUT2D eigenvalue weighted by molar-refractivity contribution is 0.509. The van der Waals surface area contributed by atoms with Gasteiger partial charge >= 0.3 is 0 Å². The SMILES string of the molecule is Nc1cccc(Nc2ccc(F)c(F)c2)c1. The van der Waals surface area contributed by atoms with Crippen molar-refractivity contribution in [1.29, 1.82) is 0 Å². The lowest BCUT2D eigenvalue weighted by atomic mass is 10.2. The van der Waals surface area contributed by atoms with Crippen molar-refractivity contribution in [3.63, 3.8) is 0 Å². The Morgan fingerprint density at radius 2 is 1.62 bits per heavy atom. The Kier molecular flexibility index (Phi) is 2.72. The molecular formula is C12H10F2N2. The molecule has 0 amide bonds. The number of nitrogen functional groups attached to an aromatic ring is 1. The van der Waals surface area contributed by atoms with Gasteiger partial charge in [0.15, 0.2) is 11.6 Å². The molecule has 0 radical (unpaired) electrons. The maximum atomic E-state index is 12.9. The van der Waals surface area contributed by atoms with Crippen LogP contribution in [0.25, 0.3) is 0 Å². The van der Waals surface area contributed by atoms with E-state index in [2.05, 4.69) is 5.32 Å². The quantitative estimate of drug-likeness (QED) is 0.762. The van der Waals surface area contributed by atoms with Crippen LogP contribution in [0.1, 0.15) is 0 Å². The molecule has 0 unspecified atom stereocenters. The number of hydrogen-bond acceptors (Lipinski definition) is 2. The van der Waals surface area contributed by atoms with E-state index in [1.807, 2.05) is 0 Å². The van der Waals surface area contributed by atoms with E-state index in [-0.39, 0.29) is 0 Å². The van der Waals surface area contributed by atoms with E-state index in [0.717, 1.165) is 17.8 Å². The molecule has 0 aliphatic carbocycles. The third kappa shape index (κ3) is 2.28. The molecule has 2 aromatic rings. The fourth-order valence-electron chi connectivity index (χ4n) is 1.36. The van der Waals surface area contributed by atoms with Crippen LogP contribution >= 0.6 is 0 Å². The summed E-state index contributed by atoms with van der Waals surface area (Å²) in [4.78, 5) is 0. The molecule has 2 rings (SSSR count). The first kappa shape index (κ1) is 10.4. The van der Waals surface area contributed by atoms with Crippen molar-refractivity contribution in [2.24, 2.45) is 0 Å². The standard InChI is InChI=1S/C12H10F2N2/c13-11-5-4-10(7-12(11)14)16-9-3-1-2-8(15)6-9/h1-7,16H,15H2. The van der Waals surface area contributed by atoms with Crippen LogP contribution in [-0.4, -0.2) is 0 Å². The lowest BCUT2D eigenvalue weighted by Crippen LogP contribution is -1.93. The predicted molar refractivity (Wildman–Crippen MR) is 60.5 cm³/mol. The van der Waals surface area contributed by atoms with E-state index < -0.39 is 11.6 Å². The molecular weight excluding hydrogens is 210 g/mol. The second-order valence-electron chi connectivity index (χ2n) is 3.38. The fraction of sp³-hybridized carbons (Fsp3) is 0. The van der Waals surface area contributed by atoms with Gasteiger partial charge in [0.1, 0.15) is 0 Å².